The number of carbonyl (C=O) groups is 2. The van der Waals surface area contributed by atoms with Crippen molar-refractivity contribution in [3.8, 4) is 0 Å². The fraction of sp³-hybridized carbons (Fsp3) is 0.375. The molecule has 0 spiro atoms. The Morgan fingerprint density at radius 1 is 1.10 bits per heavy atom. The van der Waals surface area contributed by atoms with Gasteiger partial charge in [0.2, 0.25) is 0 Å². The van der Waals surface area contributed by atoms with Gasteiger partial charge in [-0.1, -0.05) is 31.5 Å². The molecule has 1 aliphatic rings. The van der Waals surface area contributed by atoms with Crippen molar-refractivity contribution in [2.75, 3.05) is 18.0 Å². The van der Waals surface area contributed by atoms with Crippen LogP contribution in [0.25, 0.3) is 0 Å². The Bertz CT molecular complexity index is 951. The number of nitrogens with zero attached hydrogens (tertiary/aromatic N) is 2. The minimum Gasteiger partial charge on any atom is -0.371 e. The van der Waals surface area contributed by atoms with Crippen LogP contribution in [0.15, 0.2) is 47.6 Å². The molecule has 1 aliphatic heterocycles. The molecule has 164 valence electrons. The van der Waals surface area contributed by atoms with Gasteiger partial charge in [0, 0.05) is 29.4 Å². The average Bonchev–Trinajstić information content (AvgIpc) is 3.26. The molecule has 1 fully saturated rings. The third-order valence-corrected chi connectivity index (χ3v) is 5.65. The lowest BCUT2D eigenvalue weighted by Gasteiger charge is -2.21. The van der Waals surface area contributed by atoms with Crippen molar-refractivity contribution in [3.05, 3.63) is 64.2 Å². The number of anilines is 1. The van der Waals surface area contributed by atoms with Crippen LogP contribution in [0.5, 0.6) is 0 Å². The standard InChI is InChI=1S/C24H29ClN4O2/c1-16(2)22(27-23(30)19-7-9-20(25)10-8-19)24(31)28-26-15-18-6-11-21(17(3)14-18)29-12-4-5-13-29/h6-11,14-16,22H,4-5,12-13H2,1-3H3,(H,27,30)(H,28,31)/b26-15-. The Labute approximate surface area is 188 Å². The van der Waals surface area contributed by atoms with Crippen LogP contribution in [0.4, 0.5) is 5.69 Å². The van der Waals surface area contributed by atoms with Gasteiger partial charge in [-0.05, 0) is 73.2 Å². The second-order valence-corrected chi connectivity index (χ2v) is 8.61. The lowest BCUT2D eigenvalue weighted by Crippen LogP contribution is -2.48. The number of hydrogen-bond donors (Lipinski definition) is 2. The van der Waals surface area contributed by atoms with E-state index in [1.165, 1.54) is 24.1 Å². The SMILES string of the molecule is Cc1cc(/C=N\NC(=O)C(NC(=O)c2ccc(Cl)cc2)C(C)C)ccc1N1CCCC1. The Hall–Kier alpha value is -2.86. The summed E-state index contributed by atoms with van der Waals surface area (Å²) in [4.78, 5) is 27.5. The van der Waals surface area contributed by atoms with Gasteiger partial charge in [0.25, 0.3) is 11.8 Å². The highest BCUT2D eigenvalue weighted by Gasteiger charge is 2.24. The molecule has 3 rings (SSSR count). The molecule has 0 radical (unpaired) electrons. The third-order valence-electron chi connectivity index (χ3n) is 5.40. The first-order valence-electron chi connectivity index (χ1n) is 10.6. The van der Waals surface area contributed by atoms with Crippen molar-refractivity contribution < 1.29 is 9.59 Å². The van der Waals surface area contributed by atoms with Crippen molar-refractivity contribution in [2.45, 2.75) is 39.7 Å². The summed E-state index contributed by atoms with van der Waals surface area (Å²) in [6.45, 7) is 8.03. The van der Waals surface area contributed by atoms with Crippen LogP contribution in [0.2, 0.25) is 5.02 Å². The van der Waals surface area contributed by atoms with Gasteiger partial charge >= 0.3 is 0 Å². The largest absolute Gasteiger partial charge is 0.371 e. The minimum atomic E-state index is -0.709. The molecular formula is C24H29ClN4O2. The number of carbonyl (C=O) groups excluding carboxylic acids is 2. The number of hydrogen-bond acceptors (Lipinski definition) is 4. The molecule has 0 bridgehead atoms. The number of halogens is 1. The van der Waals surface area contributed by atoms with Crippen LogP contribution in [0.1, 0.15) is 48.2 Å². The molecule has 1 saturated heterocycles. The zero-order chi connectivity index (χ0) is 22.4. The lowest BCUT2D eigenvalue weighted by molar-refractivity contribution is -0.123. The topological polar surface area (TPSA) is 73.8 Å². The van der Waals surface area contributed by atoms with E-state index in [0.717, 1.165) is 18.7 Å². The molecule has 0 aromatic heterocycles. The zero-order valence-corrected chi connectivity index (χ0v) is 18.9. The van der Waals surface area contributed by atoms with E-state index in [1.54, 1.807) is 30.5 Å². The van der Waals surface area contributed by atoms with Gasteiger partial charge in [0.05, 0.1) is 6.21 Å². The Morgan fingerprint density at radius 3 is 2.39 bits per heavy atom. The first-order chi connectivity index (χ1) is 14.8. The van der Waals surface area contributed by atoms with E-state index >= 15 is 0 Å². The summed E-state index contributed by atoms with van der Waals surface area (Å²) >= 11 is 5.87. The van der Waals surface area contributed by atoms with E-state index in [1.807, 2.05) is 19.9 Å². The average molecular weight is 441 g/mol. The van der Waals surface area contributed by atoms with E-state index in [4.69, 9.17) is 11.6 Å². The zero-order valence-electron chi connectivity index (χ0n) is 18.2. The van der Waals surface area contributed by atoms with E-state index < -0.39 is 6.04 Å². The fourth-order valence-electron chi connectivity index (χ4n) is 3.67. The van der Waals surface area contributed by atoms with Crippen LogP contribution >= 0.6 is 11.6 Å². The number of rotatable bonds is 7. The highest BCUT2D eigenvalue weighted by molar-refractivity contribution is 6.30. The highest BCUT2D eigenvalue weighted by Crippen LogP contribution is 2.24. The normalized spacial score (nSPS) is 14.8. The third kappa shape index (κ3) is 6.07. The molecule has 0 saturated carbocycles. The van der Waals surface area contributed by atoms with Crippen LogP contribution in [0.3, 0.4) is 0 Å². The number of hydrazone groups is 1. The molecule has 2 N–H and O–H groups in total. The molecular weight excluding hydrogens is 412 g/mol. The molecule has 2 aromatic rings. The summed E-state index contributed by atoms with van der Waals surface area (Å²) in [7, 11) is 0. The summed E-state index contributed by atoms with van der Waals surface area (Å²) in [5, 5.41) is 7.42. The number of nitrogens with one attached hydrogen (secondary N) is 2. The Kier molecular flexibility index (Phi) is 7.69. The molecule has 7 heteroatoms. The van der Waals surface area contributed by atoms with E-state index in [2.05, 4.69) is 39.8 Å². The predicted octanol–water partition coefficient (Wildman–Crippen LogP) is 4.15. The number of amides is 2. The number of benzene rings is 2. The predicted molar refractivity (Wildman–Crippen MR) is 126 cm³/mol. The van der Waals surface area contributed by atoms with Crippen LogP contribution in [0, 0.1) is 12.8 Å². The Balaban J connectivity index is 1.60. The van der Waals surface area contributed by atoms with Gasteiger partial charge < -0.3 is 10.2 Å². The van der Waals surface area contributed by atoms with Crippen molar-refractivity contribution in [1.82, 2.24) is 10.7 Å². The first-order valence-corrected chi connectivity index (χ1v) is 11.0. The van der Waals surface area contributed by atoms with Gasteiger partial charge in [-0.15, -0.1) is 0 Å². The molecule has 6 nitrogen and oxygen atoms in total. The van der Waals surface area contributed by atoms with Crippen LogP contribution < -0.4 is 15.6 Å². The maximum absolute atomic E-state index is 12.6. The van der Waals surface area contributed by atoms with Crippen LogP contribution in [-0.4, -0.2) is 37.2 Å². The minimum absolute atomic E-state index is 0.103. The second kappa shape index (κ2) is 10.4. The van der Waals surface area contributed by atoms with Crippen molar-refractivity contribution >= 4 is 35.3 Å². The van der Waals surface area contributed by atoms with Gasteiger partial charge in [-0.25, -0.2) is 5.43 Å². The second-order valence-electron chi connectivity index (χ2n) is 8.18. The van der Waals surface area contributed by atoms with Crippen molar-refractivity contribution in [3.63, 3.8) is 0 Å². The summed E-state index contributed by atoms with van der Waals surface area (Å²) in [6.07, 6.45) is 4.09. The smallest absolute Gasteiger partial charge is 0.262 e. The molecule has 31 heavy (non-hydrogen) atoms. The molecule has 2 amide bonds. The summed E-state index contributed by atoms with van der Waals surface area (Å²) in [6, 6.07) is 12.0. The van der Waals surface area contributed by atoms with Gasteiger partial charge in [0.1, 0.15) is 6.04 Å². The molecule has 2 aromatic carbocycles. The quantitative estimate of drug-likeness (QED) is 0.501. The highest BCUT2D eigenvalue weighted by atomic mass is 35.5. The molecule has 1 heterocycles. The maximum atomic E-state index is 12.6. The maximum Gasteiger partial charge on any atom is 0.262 e. The van der Waals surface area contributed by atoms with E-state index in [9.17, 15) is 9.59 Å². The summed E-state index contributed by atoms with van der Waals surface area (Å²) < 4.78 is 0. The summed E-state index contributed by atoms with van der Waals surface area (Å²) in [5.41, 5.74) is 6.35. The van der Waals surface area contributed by atoms with Gasteiger partial charge in [-0.2, -0.15) is 5.10 Å². The van der Waals surface area contributed by atoms with Gasteiger partial charge in [0.15, 0.2) is 0 Å². The molecule has 1 unspecified atom stereocenters. The van der Waals surface area contributed by atoms with Crippen LogP contribution in [-0.2, 0) is 4.79 Å². The summed E-state index contributed by atoms with van der Waals surface area (Å²) in [5.74, 6) is -0.796. The monoisotopic (exact) mass is 440 g/mol. The molecule has 1 atom stereocenters. The Morgan fingerprint density at radius 2 is 1.77 bits per heavy atom. The van der Waals surface area contributed by atoms with Gasteiger partial charge in [-0.3, -0.25) is 9.59 Å². The fourth-order valence-corrected chi connectivity index (χ4v) is 3.80. The van der Waals surface area contributed by atoms with Crippen molar-refractivity contribution in [2.24, 2.45) is 11.0 Å². The molecule has 0 aliphatic carbocycles. The van der Waals surface area contributed by atoms with Crippen molar-refractivity contribution in [1.29, 1.82) is 0 Å². The first kappa shape index (κ1) is 22.8. The number of aryl methyl sites for hydroxylation is 1. The van der Waals surface area contributed by atoms with E-state index in [-0.39, 0.29) is 17.7 Å². The van der Waals surface area contributed by atoms with E-state index in [0.29, 0.717) is 10.6 Å². The lowest BCUT2D eigenvalue weighted by atomic mass is 10.0.